The molecule has 0 unspecified atom stereocenters. The maximum atomic E-state index is 12.9. The number of ether oxygens (including phenoxy) is 1. The van der Waals surface area contributed by atoms with Crippen molar-refractivity contribution in [3.8, 4) is 5.75 Å². The molecule has 1 aliphatic heterocycles. The Bertz CT molecular complexity index is 794. The zero-order valence-corrected chi connectivity index (χ0v) is 17.4. The van der Waals surface area contributed by atoms with Crippen LogP contribution in [0.3, 0.4) is 0 Å². The van der Waals surface area contributed by atoms with Crippen molar-refractivity contribution in [2.45, 2.75) is 25.7 Å². The van der Waals surface area contributed by atoms with Crippen molar-refractivity contribution in [1.82, 2.24) is 9.21 Å². The highest BCUT2D eigenvalue weighted by molar-refractivity contribution is 8.00. The van der Waals surface area contributed by atoms with Gasteiger partial charge in [0.2, 0.25) is 21.8 Å². The van der Waals surface area contributed by atoms with Gasteiger partial charge in [0.25, 0.3) is 0 Å². The molecule has 0 radical (unpaired) electrons. The molecule has 150 valence electrons. The Hall–Kier alpha value is -1.78. The molecule has 8 nitrogen and oxygen atoms in total. The van der Waals surface area contributed by atoms with Gasteiger partial charge in [-0.15, -0.1) is 11.8 Å². The zero-order valence-electron chi connectivity index (χ0n) is 15.7. The molecule has 27 heavy (non-hydrogen) atoms. The third kappa shape index (κ3) is 5.14. The molecular weight excluding hydrogens is 390 g/mol. The maximum Gasteiger partial charge on any atom is 0.246 e. The van der Waals surface area contributed by atoms with Crippen molar-refractivity contribution in [3.63, 3.8) is 0 Å². The molecule has 1 heterocycles. The van der Waals surface area contributed by atoms with Crippen LogP contribution in [-0.2, 0) is 19.6 Å². The number of thioether (sulfide) groups is 1. The van der Waals surface area contributed by atoms with Crippen LogP contribution in [0.1, 0.15) is 20.8 Å². The summed E-state index contributed by atoms with van der Waals surface area (Å²) in [5.74, 6) is 0.654. The van der Waals surface area contributed by atoms with Crippen molar-refractivity contribution in [1.29, 1.82) is 0 Å². The summed E-state index contributed by atoms with van der Waals surface area (Å²) in [5.41, 5.74) is 0.341. The van der Waals surface area contributed by atoms with Crippen LogP contribution in [0.2, 0.25) is 0 Å². The first kappa shape index (κ1) is 21.5. The summed E-state index contributed by atoms with van der Waals surface area (Å²) in [6.45, 7) is 6.22. The smallest absolute Gasteiger partial charge is 0.246 e. The fourth-order valence-electron chi connectivity index (χ4n) is 2.68. The first-order valence-electron chi connectivity index (χ1n) is 8.75. The Morgan fingerprint density at radius 3 is 2.56 bits per heavy atom. The van der Waals surface area contributed by atoms with E-state index in [1.54, 1.807) is 26.8 Å². The van der Waals surface area contributed by atoms with Crippen LogP contribution in [0, 0.1) is 0 Å². The lowest BCUT2D eigenvalue weighted by atomic mass is 10.3. The summed E-state index contributed by atoms with van der Waals surface area (Å²) >= 11 is 1.46. The van der Waals surface area contributed by atoms with Gasteiger partial charge in [-0.2, -0.15) is 4.31 Å². The van der Waals surface area contributed by atoms with E-state index in [-0.39, 0.29) is 29.0 Å². The highest BCUT2D eigenvalue weighted by Gasteiger charge is 2.27. The number of nitrogens with zero attached hydrogens (tertiary/aromatic N) is 2. The van der Waals surface area contributed by atoms with Crippen molar-refractivity contribution in [2.75, 3.05) is 43.2 Å². The molecular formula is C17H25N3O5S2. The second kappa shape index (κ2) is 9.43. The van der Waals surface area contributed by atoms with E-state index < -0.39 is 10.0 Å². The molecule has 0 bridgehead atoms. The number of hydrogen-bond acceptors (Lipinski definition) is 6. The van der Waals surface area contributed by atoms with E-state index in [4.69, 9.17) is 4.74 Å². The number of carbonyl (C=O) groups excluding carboxylic acids is 2. The minimum atomic E-state index is -3.75. The molecule has 0 spiro atoms. The number of hydrogen-bond donors (Lipinski definition) is 1. The van der Waals surface area contributed by atoms with Crippen LogP contribution in [0.5, 0.6) is 5.75 Å². The van der Waals surface area contributed by atoms with E-state index in [9.17, 15) is 18.0 Å². The predicted molar refractivity (Wildman–Crippen MR) is 105 cm³/mol. The van der Waals surface area contributed by atoms with Crippen LogP contribution < -0.4 is 10.1 Å². The zero-order chi connectivity index (χ0) is 20.0. The number of nitrogens with one attached hydrogen (secondary N) is 1. The molecule has 1 N–H and O–H groups in total. The van der Waals surface area contributed by atoms with Gasteiger partial charge < -0.3 is 15.0 Å². The largest absolute Gasteiger partial charge is 0.492 e. The van der Waals surface area contributed by atoms with E-state index in [0.29, 0.717) is 37.0 Å². The van der Waals surface area contributed by atoms with E-state index >= 15 is 0 Å². The highest BCUT2D eigenvalue weighted by atomic mass is 32.2. The lowest BCUT2D eigenvalue weighted by Gasteiger charge is -2.21. The van der Waals surface area contributed by atoms with Crippen LogP contribution in [0.15, 0.2) is 23.1 Å². The number of amides is 2. The molecule has 1 aromatic rings. The maximum absolute atomic E-state index is 12.9. The molecule has 0 aliphatic carbocycles. The molecule has 0 atom stereocenters. The Kier molecular flexibility index (Phi) is 7.51. The molecule has 1 aliphatic rings. The van der Waals surface area contributed by atoms with E-state index in [1.807, 2.05) is 0 Å². The van der Waals surface area contributed by atoms with Gasteiger partial charge in [-0.1, -0.05) is 13.8 Å². The van der Waals surface area contributed by atoms with Gasteiger partial charge in [0, 0.05) is 18.8 Å². The minimum absolute atomic E-state index is 0.0126. The third-order valence-corrected chi connectivity index (χ3v) is 7.03. The molecule has 1 saturated heterocycles. The molecule has 0 saturated carbocycles. The molecule has 0 aromatic heterocycles. The van der Waals surface area contributed by atoms with Crippen LogP contribution in [0.25, 0.3) is 0 Å². The van der Waals surface area contributed by atoms with Gasteiger partial charge in [0.1, 0.15) is 17.2 Å². The average molecular weight is 416 g/mol. The molecule has 10 heteroatoms. The number of carbonyl (C=O) groups is 2. The standard InChI is InChI=1S/C17H25N3O5S2/c1-4-20(5-2)27(23,24)15-9-13(7-8-14(15)25-6-3)18-16(21)10-19-12-26-11-17(19)22/h7-9H,4-6,10-12H2,1-3H3,(H,18,21). The first-order valence-corrected chi connectivity index (χ1v) is 11.3. The van der Waals surface area contributed by atoms with Crippen molar-refractivity contribution in [2.24, 2.45) is 0 Å². The van der Waals surface area contributed by atoms with Crippen LogP contribution >= 0.6 is 11.8 Å². The van der Waals surface area contributed by atoms with Crippen molar-refractivity contribution in [3.05, 3.63) is 18.2 Å². The fourth-order valence-corrected chi connectivity index (χ4v) is 5.20. The van der Waals surface area contributed by atoms with Gasteiger partial charge >= 0.3 is 0 Å². The summed E-state index contributed by atoms with van der Waals surface area (Å²) < 4.78 is 32.7. The summed E-state index contributed by atoms with van der Waals surface area (Å²) in [7, 11) is -3.75. The van der Waals surface area contributed by atoms with Gasteiger partial charge in [-0.3, -0.25) is 9.59 Å². The van der Waals surface area contributed by atoms with Crippen LogP contribution in [-0.4, -0.2) is 67.3 Å². The van der Waals surface area contributed by atoms with E-state index in [1.165, 1.54) is 33.1 Å². The number of benzene rings is 1. The van der Waals surface area contributed by atoms with Gasteiger partial charge in [-0.05, 0) is 25.1 Å². The van der Waals surface area contributed by atoms with Crippen molar-refractivity contribution < 1.29 is 22.7 Å². The molecule has 1 fully saturated rings. The highest BCUT2D eigenvalue weighted by Crippen LogP contribution is 2.30. The lowest BCUT2D eigenvalue weighted by molar-refractivity contribution is -0.130. The summed E-state index contributed by atoms with van der Waals surface area (Å²) in [6, 6.07) is 4.52. The second-order valence-electron chi connectivity index (χ2n) is 5.80. The fraction of sp³-hybridized carbons (Fsp3) is 0.529. The Morgan fingerprint density at radius 1 is 1.30 bits per heavy atom. The van der Waals surface area contributed by atoms with Crippen LogP contribution in [0.4, 0.5) is 5.69 Å². The SMILES string of the molecule is CCOc1ccc(NC(=O)CN2CSCC2=O)cc1S(=O)(=O)N(CC)CC. The number of sulfonamides is 1. The van der Waals surface area contributed by atoms with Gasteiger partial charge in [-0.25, -0.2) is 8.42 Å². The number of rotatable bonds is 9. The molecule has 2 amide bonds. The topological polar surface area (TPSA) is 96.0 Å². The summed E-state index contributed by atoms with van der Waals surface area (Å²) in [4.78, 5) is 25.3. The average Bonchev–Trinajstić information content (AvgIpc) is 3.02. The van der Waals surface area contributed by atoms with Crippen molar-refractivity contribution >= 4 is 39.3 Å². The second-order valence-corrected chi connectivity index (χ2v) is 8.66. The number of anilines is 1. The van der Waals surface area contributed by atoms with E-state index in [0.717, 1.165) is 0 Å². The Labute approximate surface area is 164 Å². The van der Waals surface area contributed by atoms with Gasteiger partial charge in [0.15, 0.2) is 0 Å². The minimum Gasteiger partial charge on any atom is -0.492 e. The lowest BCUT2D eigenvalue weighted by Crippen LogP contribution is -2.34. The summed E-state index contributed by atoms with van der Waals surface area (Å²) in [6.07, 6.45) is 0. The Morgan fingerprint density at radius 2 is 2.00 bits per heavy atom. The third-order valence-electron chi connectivity index (χ3n) is 4.01. The predicted octanol–water partition coefficient (Wildman–Crippen LogP) is 1.59. The molecule has 1 aromatic carbocycles. The van der Waals surface area contributed by atoms with E-state index in [2.05, 4.69) is 5.32 Å². The normalized spacial score (nSPS) is 14.7. The first-order chi connectivity index (χ1) is 12.8. The molecule has 2 rings (SSSR count). The summed E-state index contributed by atoms with van der Waals surface area (Å²) in [5, 5.41) is 2.67. The monoisotopic (exact) mass is 415 g/mol. The Balaban J connectivity index is 2.26. The van der Waals surface area contributed by atoms with Gasteiger partial charge in [0.05, 0.1) is 18.2 Å². The quantitative estimate of drug-likeness (QED) is 0.658.